The number of nitrogens with zero attached hydrogens (tertiary/aromatic N) is 1. The Balaban J connectivity index is 2.18. The molecule has 2 rings (SSSR count). The monoisotopic (exact) mass is 295 g/mol. The normalized spacial score (nSPS) is 20.5. The SMILES string of the molecule is CC1(C)C(=O)CCCN1Cc1ccccc1Br. The zero-order valence-corrected chi connectivity index (χ0v) is 12.0. The third kappa shape index (κ3) is 2.61. The summed E-state index contributed by atoms with van der Waals surface area (Å²) >= 11 is 3.56. The quantitative estimate of drug-likeness (QED) is 0.833. The first-order valence-electron chi connectivity index (χ1n) is 6.03. The number of likely N-dealkylation sites (tertiary alicyclic amines) is 1. The van der Waals surface area contributed by atoms with Crippen molar-refractivity contribution < 1.29 is 4.79 Å². The summed E-state index contributed by atoms with van der Waals surface area (Å²) in [6.07, 6.45) is 1.70. The van der Waals surface area contributed by atoms with Crippen LogP contribution >= 0.6 is 15.9 Å². The van der Waals surface area contributed by atoms with E-state index in [1.807, 2.05) is 32.0 Å². The lowest BCUT2D eigenvalue weighted by Crippen LogP contribution is -2.53. The Labute approximate surface area is 111 Å². The van der Waals surface area contributed by atoms with Crippen molar-refractivity contribution in [3.63, 3.8) is 0 Å². The molecule has 1 aliphatic heterocycles. The summed E-state index contributed by atoms with van der Waals surface area (Å²) in [5.74, 6) is 0.357. The molecule has 17 heavy (non-hydrogen) atoms. The van der Waals surface area contributed by atoms with Crippen molar-refractivity contribution in [3.05, 3.63) is 34.3 Å². The molecule has 0 amide bonds. The van der Waals surface area contributed by atoms with Gasteiger partial charge in [-0.25, -0.2) is 0 Å². The smallest absolute Gasteiger partial charge is 0.152 e. The van der Waals surface area contributed by atoms with Gasteiger partial charge in [0.25, 0.3) is 0 Å². The first-order valence-corrected chi connectivity index (χ1v) is 6.83. The molecule has 1 fully saturated rings. The predicted octanol–water partition coefficient (Wildman–Crippen LogP) is 3.39. The third-order valence-corrected chi connectivity index (χ3v) is 4.40. The maximum Gasteiger partial charge on any atom is 0.152 e. The summed E-state index contributed by atoms with van der Waals surface area (Å²) in [7, 11) is 0. The number of carbonyl (C=O) groups excluding carboxylic acids is 1. The molecule has 1 heterocycles. The maximum atomic E-state index is 11.9. The van der Waals surface area contributed by atoms with Crippen molar-refractivity contribution >= 4 is 21.7 Å². The highest BCUT2D eigenvalue weighted by molar-refractivity contribution is 9.10. The van der Waals surface area contributed by atoms with Crippen LogP contribution in [0.4, 0.5) is 0 Å². The van der Waals surface area contributed by atoms with Crippen LogP contribution in [0.5, 0.6) is 0 Å². The fourth-order valence-corrected chi connectivity index (χ4v) is 2.71. The number of carbonyl (C=O) groups is 1. The molecule has 0 spiro atoms. The Hall–Kier alpha value is -0.670. The van der Waals surface area contributed by atoms with E-state index in [-0.39, 0.29) is 5.54 Å². The lowest BCUT2D eigenvalue weighted by molar-refractivity contribution is -0.133. The number of hydrogen-bond donors (Lipinski definition) is 0. The number of halogens is 1. The molecule has 92 valence electrons. The molecule has 0 aromatic heterocycles. The van der Waals surface area contributed by atoms with Crippen molar-refractivity contribution in [1.29, 1.82) is 0 Å². The summed E-state index contributed by atoms with van der Waals surface area (Å²) in [5.41, 5.74) is 0.920. The number of piperidine rings is 1. The van der Waals surface area contributed by atoms with Crippen molar-refractivity contribution in [1.82, 2.24) is 4.90 Å². The topological polar surface area (TPSA) is 20.3 Å². The van der Waals surface area contributed by atoms with Gasteiger partial charge in [0.15, 0.2) is 5.78 Å². The molecule has 1 aromatic carbocycles. The maximum absolute atomic E-state index is 11.9. The van der Waals surface area contributed by atoms with E-state index in [4.69, 9.17) is 0 Å². The van der Waals surface area contributed by atoms with Gasteiger partial charge in [-0.2, -0.15) is 0 Å². The van der Waals surface area contributed by atoms with Crippen LogP contribution < -0.4 is 0 Å². The largest absolute Gasteiger partial charge is 0.298 e. The van der Waals surface area contributed by atoms with Gasteiger partial charge in [-0.15, -0.1) is 0 Å². The van der Waals surface area contributed by atoms with Gasteiger partial charge in [-0.1, -0.05) is 34.1 Å². The summed E-state index contributed by atoms with van der Waals surface area (Å²) in [6, 6.07) is 8.21. The highest BCUT2D eigenvalue weighted by atomic mass is 79.9. The van der Waals surface area contributed by atoms with Crippen LogP contribution in [0, 0.1) is 0 Å². The Morgan fingerprint density at radius 2 is 2.06 bits per heavy atom. The van der Waals surface area contributed by atoms with Crippen LogP contribution in [0.1, 0.15) is 32.3 Å². The Morgan fingerprint density at radius 3 is 2.76 bits per heavy atom. The molecule has 0 atom stereocenters. The molecule has 1 saturated heterocycles. The van der Waals surface area contributed by atoms with Crippen molar-refractivity contribution in [2.45, 2.75) is 38.8 Å². The van der Waals surface area contributed by atoms with E-state index in [0.717, 1.165) is 30.4 Å². The molecule has 0 bridgehead atoms. The minimum atomic E-state index is -0.326. The molecule has 3 heteroatoms. The zero-order valence-electron chi connectivity index (χ0n) is 10.4. The highest BCUT2D eigenvalue weighted by Crippen LogP contribution is 2.28. The van der Waals surface area contributed by atoms with E-state index in [1.165, 1.54) is 5.56 Å². The van der Waals surface area contributed by atoms with Crippen LogP contribution in [-0.2, 0) is 11.3 Å². The van der Waals surface area contributed by atoms with Gasteiger partial charge in [0.05, 0.1) is 5.54 Å². The van der Waals surface area contributed by atoms with Crippen molar-refractivity contribution in [3.8, 4) is 0 Å². The van der Waals surface area contributed by atoms with E-state index in [0.29, 0.717) is 5.78 Å². The average Bonchev–Trinajstić information content (AvgIpc) is 2.28. The Kier molecular flexibility index (Phi) is 3.69. The molecular formula is C14H18BrNO. The first-order chi connectivity index (χ1) is 8.01. The van der Waals surface area contributed by atoms with E-state index < -0.39 is 0 Å². The number of Topliss-reactive ketones (excluding diaryl/α,β-unsaturated/α-hetero) is 1. The lowest BCUT2D eigenvalue weighted by Gasteiger charge is -2.41. The van der Waals surface area contributed by atoms with Gasteiger partial charge in [0, 0.05) is 17.4 Å². The summed E-state index contributed by atoms with van der Waals surface area (Å²) in [4.78, 5) is 14.2. The van der Waals surface area contributed by atoms with Gasteiger partial charge >= 0.3 is 0 Å². The molecule has 2 nitrogen and oxygen atoms in total. The van der Waals surface area contributed by atoms with Gasteiger partial charge in [-0.3, -0.25) is 9.69 Å². The number of ketones is 1. The number of rotatable bonds is 2. The second kappa shape index (κ2) is 4.91. The fourth-order valence-electron chi connectivity index (χ4n) is 2.30. The van der Waals surface area contributed by atoms with Crippen molar-refractivity contribution in [2.75, 3.05) is 6.54 Å². The minimum absolute atomic E-state index is 0.326. The van der Waals surface area contributed by atoms with Gasteiger partial charge in [-0.05, 0) is 38.4 Å². The second-order valence-corrected chi connectivity index (χ2v) is 5.95. The molecule has 0 radical (unpaired) electrons. The van der Waals surface area contributed by atoms with E-state index in [2.05, 4.69) is 26.9 Å². The predicted molar refractivity (Wildman–Crippen MR) is 72.9 cm³/mol. The summed E-state index contributed by atoms with van der Waals surface area (Å²) < 4.78 is 1.12. The first kappa shape index (κ1) is 12.8. The lowest BCUT2D eigenvalue weighted by atomic mass is 9.88. The molecule has 0 unspecified atom stereocenters. The molecule has 1 aromatic rings. The highest BCUT2D eigenvalue weighted by Gasteiger charge is 2.36. The van der Waals surface area contributed by atoms with Crippen LogP contribution in [0.15, 0.2) is 28.7 Å². The van der Waals surface area contributed by atoms with E-state index >= 15 is 0 Å². The zero-order chi connectivity index (χ0) is 12.5. The Bertz CT molecular complexity index is 428. The van der Waals surface area contributed by atoms with Gasteiger partial charge < -0.3 is 0 Å². The van der Waals surface area contributed by atoms with Crippen molar-refractivity contribution in [2.24, 2.45) is 0 Å². The van der Waals surface area contributed by atoms with E-state index in [1.54, 1.807) is 0 Å². The molecule has 0 saturated carbocycles. The Morgan fingerprint density at radius 1 is 1.35 bits per heavy atom. The van der Waals surface area contributed by atoms with Gasteiger partial charge in [0.1, 0.15) is 0 Å². The molecular weight excluding hydrogens is 278 g/mol. The standard InChI is InChI=1S/C14H18BrNO/c1-14(2)13(17)8-5-9-16(14)10-11-6-3-4-7-12(11)15/h3-4,6-7H,5,8-10H2,1-2H3. The molecule has 1 aliphatic rings. The fraction of sp³-hybridized carbons (Fsp3) is 0.500. The van der Waals surface area contributed by atoms with Crippen LogP contribution in [0.3, 0.4) is 0 Å². The number of hydrogen-bond acceptors (Lipinski definition) is 2. The average molecular weight is 296 g/mol. The van der Waals surface area contributed by atoms with Gasteiger partial charge in [0.2, 0.25) is 0 Å². The second-order valence-electron chi connectivity index (χ2n) is 5.10. The molecule has 0 aliphatic carbocycles. The number of benzene rings is 1. The van der Waals surface area contributed by atoms with E-state index in [9.17, 15) is 4.79 Å². The summed E-state index contributed by atoms with van der Waals surface area (Å²) in [5, 5.41) is 0. The molecule has 0 N–H and O–H groups in total. The van der Waals surface area contributed by atoms with Crippen LogP contribution in [-0.4, -0.2) is 22.8 Å². The summed E-state index contributed by atoms with van der Waals surface area (Å²) in [6.45, 7) is 5.90. The van der Waals surface area contributed by atoms with Crippen LogP contribution in [0.25, 0.3) is 0 Å². The third-order valence-electron chi connectivity index (χ3n) is 3.62. The minimum Gasteiger partial charge on any atom is -0.298 e. The van der Waals surface area contributed by atoms with Crippen LogP contribution in [0.2, 0.25) is 0 Å².